The van der Waals surface area contributed by atoms with Crippen LogP contribution in [-0.4, -0.2) is 20.9 Å². The molecule has 2 unspecified atom stereocenters. The van der Waals surface area contributed by atoms with Crippen LogP contribution in [0.5, 0.6) is 0 Å². The highest BCUT2D eigenvalue weighted by atomic mass is 16.4. The van der Waals surface area contributed by atoms with E-state index in [-0.39, 0.29) is 11.8 Å². The predicted octanol–water partition coefficient (Wildman–Crippen LogP) is 1.24. The normalized spacial score (nSPS) is 15.3. The van der Waals surface area contributed by atoms with E-state index in [0.29, 0.717) is 0 Å². The van der Waals surface area contributed by atoms with Crippen molar-refractivity contribution >= 4 is 5.97 Å². The van der Waals surface area contributed by atoms with Crippen LogP contribution in [0, 0.1) is 5.92 Å². The number of aromatic nitrogens is 2. The number of carbonyl (C=O) groups is 1. The Morgan fingerprint density at radius 2 is 2.23 bits per heavy atom. The molecule has 0 aliphatic carbocycles. The summed E-state index contributed by atoms with van der Waals surface area (Å²) in [6.45, 7) is 3.61. The van der Waals surface area contributed by atoms with Crippen LogP contribution in [0.15, 0.2) is 12.4 Å². The highest BCUT2D eigenvalue weighted by Gasteiger charge is 2.21. The fraction of sp³-hybridized carbons (Fsp3) is 0.556. The fourth-order valence-corrected chi connectivity index (χ4v) is 1.18. The van der Waals surface area contributed by atoms with E-state index in [9.17, 15) is 4.79 Å². The first-order chi connectivity index (χ1) is 6.02. The van der Waals surface area contributed by atoms with Crippen molar-refractivity contribution in [3.05, 3.63) is 18.0 Å². The number of carboxylic acids is 1. The Balaban J connectivity index is 2.78. The van der Waals surface area contributed by atoms with E-state index in [1.54, 1.807) is 17.8 Å². The van der Waals surface area contributed by atoms with Crippen LogP contribution in [0.1, 0.15) is 25.3 Å². The van der Waals surface area contributed by atoms with E-state index < -0.39 is 5.97 Å². The summed E-state index contributed by atoms with van der Waals surface area (Å²) >= 11 is 0. The van der Waals surface area contributed by atoms with Gasteiger partial charge in [0.25, 0.3) is 0 Å². The molecule has 0 radical (unpaired) electrons. The van der Waals surface area contributed by atoms with Gasteiger partial charge in [-0.25, -0.2) is 0 Å². The minimum absolute atomic E-state index is 0.00574. The highest BCUT2D eigenvalue weighted by Crippen LogP contribution is 2.23. The first-order valence-corrected chi connectivity index (χ1v) is 4.23. The number of aryl methyl sites for hydroxylation is 1. The lowest BCUT2D eigenvalue weighted by Gasteiger charge is -2.13. The van der Waals surface area contributed by atoms with Gasteiger partial charge in [0.15, 0.2) is 0 Å². The summed E-state index contributed by atoms with van der Waals surface area (Å²) in [5.41, 5.74) is 0.970. The second kappa shape index (κ2) is 3.60. The molecule has 0 aromatic carbocycles. The minimum atomic E-state index is -0.767. The van der Waals surface area contributed by atoms with Gasteiger partial charge in [-0.1, -0.05) is 13.8 Å². The molecule has 0 aliphatic rings. The number of nitrogens with zero attached hydrogens (tertiary/aromatic N) is 2. The molecule has 4 heteroatoms. The zero-order chi connectivity index (χ0) is 10.0. The van der Waals surface area contributed by atoms with E-state index in [2.05, 4.69) is 5.10 Å². The van der Waals surface area contributed by atoms with Crippen LogP contribution in [0.4, 0.5) is 0 Å². The Bertz CT molecular complexity index is 306. The second-order valence-corrected chi connectivity index (χ2v) is 3.36. The molecular formula is C9H14N2O2. The summed E-state index contributed by atoms with van der Waals surface area (Å²) < 4.78 is 1.68. The molecule has 0 saturated carbocycles. The summed E-state index contributed by atoms with van der Waals surface area (Å²) in [6.07, 6.45) is 3.56. The van der Waals surface area contributed by atoms with Gasteiger partial charge in [-0.05, 0) is 11.5 Å². The monoisotopic (exact) mass is 182 g/mol. The van der Waals surface area contributed by atoms with E-state index >= 15 is 0 Å². The number of aliphatic carboxylic acids is 1. The molecule has 1 heterocycles. The molecule has 0 saturated heterocycles. The zero-order valence-electron chi connectivity index (χ0n) is 8.06. The topological polar surface area (TPSA) is 55.1 Å². The molecule has 1 rings (SSSR count). The van der Waals surface area contributed by atoms with Crippen LogP contribution < -0.4 is 0 Å². The van der Waals surface area contributed by atoms with E-state index in [1.165, 1.54) is 0 Å². The molecule has 0 amide bonds. The van der Waals surface area contributed by atoms with Gasteiger partial charge >= 0.3 is 5.97 Å². The largest absolute Gasteiger partial charge is 0.481 e. The Labute approximate surface area is 77.2 Å². The predicted molar refractivity (Wildman–Crippen MR) is 48.4 cm³/mol. The molecule has 13 heavy (non-hydrogen) atoms. The van der Waals surface area contributed by atoms with Crippen molar-refractivity contribution in [2.45, 2.75) is 19.8 Å². The van der Waals surface area contributed by atoms with Crippen molar-refractivity contribution < 1.29 is 9.90 Å². The number of rotatable bonds is 3. The van der Waals surface area contributed by atoms with Gasteiger partial charge in [-0.3, -0.25) is 9.48 Å². The van der Waals surface area contributed by atoms with Gasteiger partial charge in [0.2, 0.25) is 0 Å². The molecule has 0 spiro atoms. The minimum Gasteiger partial charge on any atom is -0.481 e. The Morgan fingerprint density at radius 1 is 1.62 bits per heavy atom. The van der Waals surface area contributed by atoms with Gasteiger partial charge in [-0.2, -0.15) is 5.10 Å². The molecule has 0 aliphatic heterocycles. The smallest absolute Gasteiger partial charge is 0.306 e. The van der Waals surface area contributed by atoms with Gasteiger partial charge in [-0.15, -0.1) is 0 Å². The van der Waals surface area contributed by atoms with Crippen LogP contribution in [0.2, 0.25) is 0 Å². The summed E-state index contributed by atoms with van der Waals surface area (Å²) in [5, 5.41) is 12.8. The second-order valence-electron chi connectivity index (χ2n) is 3.36. The summed E-state index contributed by atoms with van der Waals surface area (Å²) in [4.78, 5) is 10.7. The first-order valence-electron chi connectivity index (χ1n) is 4.23. The molecule has 1 N–H and O–H groups in total. The highest BCUT2D eigenvalue weighted by molar-refractivity contribution is 5.70. The Kier molecular flexibility index (Phi) is 2.70. The number of carboxylic acid groups (broad SMARTS) is 1. The van der Waals surface area contributed by atoms with Gasteiger partial charge in [0.05, 0.1) is 12.1 Å². The molecule has 1 aromatic heterocycles. The average Bonchev–Trinajstić information content (AvgIpc) is 2.49. The molecule has 4 nitrogen and oxygen atoms in total. The standard InChI is InChI=1S/C9H14N2O2/c1-6(7(2)9(12)13)8-4-10-11(3)5-8/h4-7H,1-3H3,(H,12,13). The summed E-state index contributed by atoms with van der Waals surface area (Å²) in [6, 6.07) is 0. The Morgan fingerprint density at radius 3 is 2.62 bits per heavy atom. The maximum atomic E-state index is 10.7. The van der Waals surface area contributed by atoms with E-state index in [4.69, 9.17) is 5.11 Å². The maximum absolute atomic E-state index is 10.7. The van der Waals surface area contributed by atoms with Crippen LogP contribution >= 0.6 is 0 Å². The Hall–Kier alpha value is -1.32. The average molecular weight is 182 g/mol. The molecule has 1 aromatic rings. The molecular weight excluding hydrogens is 168 g/mol. The number of hydrogen-bond donors (Lipinski definition) is 1. The third kappa shape index (κ3) is 2.08. The fourth-order valence-electron chi connectivity index (χ4n) is 1.18. The SMILES string of the molecule is CC(C(=O)O)C(C)c1cnn(C)c1. The molecule has 0 fully saturated rings. The van der Waals surface area contributed by atoms with Crippen molar-refractivity contribution in [3.8, 4) is 0 Å². The van der Waals surface area contributed by atoms with E-state index in [1.807, 2.05) is 20.2 Å². The molecule has 0 bridgehead atoms. The van der Waals surface area contributed by atoms with Gasteiger partial charge in [0, 0.05) is 13.2 Å². The number of hydrogen-bond acceptors (Lipinski definition) is 2. The third-order valence-electron chi connectivity index (χ3n) is 2.39. The maximum Gasteiger partial charge on any atom is 0.306 e. The first kappa shape index (κ1) is 9.77. The zero-order valence-corrected chi connectivity index (χ0v) is 8.06. The summed E-state index contributed by atoms with van der Waals surface area (Å²) in [7, 11) is 1.82. The quantitative estimate of drug-likeness (QED) is 0.765. The lowest BCUT2D eigenvalue weighted by Crippen LogP contribution is -2.16. The molecule has 72 valence electrons. The summed E-state index contributed by atoms with van der Waals surface area (Å²) in [5.74, 6) is -1.13. The van der Waals surface area contributed by atoms with Crippen LogP contribution in [0.3, 0.4) is 0 Å². The van der Waals surface area contributed by atoms with Crippen LogP contribution in [-0.2, 0) is 11.8 Å². The molecule has 2 atom stereocenters. The van der Waals surface area contributed by atoms with Crippen molar-refractivity contribution in [1.29, 1.82) is 0 Å². The van der Waals surface area contributed by atoms with E-state index in [0.717, 1.165) is 5.56 Å². The van der Waals surface area contributed by atoms with Crippen LogP contribution in [0.25, 0.3) is 0 Å². The van der Waals surface area contributed by atoms with Crippen molar-refractivity contribution in [3.63, 3.8) is 0 Å². The van der Waals surface area contributed by atoms with Gasteiger partial charge < -0.3 is 5.11 Å². The van der Waals surface area contributed by atoms with Crippen molar-refractivity contribution in [2.24, 2.45) is 13.0 Å². The lowest BCUT2D eigenvalue weighted by molar-refractivity contribution is -0.141. The van der Waals surface area contributed by atoms with Crippen molar-refractivity contribution in [2.75, 3.05) is 0 Å². The van der Waals surface area contributed by atoms with Gasteiger partial charge in [0.1, 0.15) is 0 Å². The lowest BCUT2D eigenvalue weighted by atomic mass is 9.91. The third-order valence-corrected chi connectivity index (χ3v) is 2.39. The van der Waals surface area contributed by atoms with Crippen molar-refractivity contribution in [1.82, 2.24) is 9.78 Å².